The highest BCUT2D eigenvalue weighted by Crippen LogP contribution is 2.47. The number of hydrogen-bond acceptors (Lipinski definition) is 2. The summed E-state index contributed by atoms with van der Waals surface area (Å²) in [5.41, 5.74) is 0.992. The molecule has 5 heteroatoms. The minimum atomic E-state index is -0.776. The molecule has 112 valence electrons. The second-order valence-electron chi connectivity index (χ2n) is 6.05. The smallest absolute Gasteiger partial charge is 0.306 e. The number of carbonyl (C=O) groups excluding carboxylic acids is 1. The Hall–Kier alpha value is -1.91. The van der Waals surface area contributed by atoms with Gasteiger partial charge in [-0.3, -0.25) is 9.59 Å². The zero-order valence-corrected chi connectivity index (χ0v) is 11.6. The fourth-order valence-electron chi connectivity index (χ4n) is 3.21. The zero-order valence-electron chi connectivity index (χ0n) is 11.6. The summed E-state index contributed by atoms with van der Waals surface area (Å²) >= 11 is 0. The first-order valence-electron chi connectivity index (χ1n) is 7.33. The number of carboxylic acids is 1. The Labute approximate surface area is 122 Å². The number of amides is 1. The van der Waals surface area contributed by atoms with E-state index in [2.05, 4.69) is 5.32 Å². The van der Waals surface area contributed by atoms with Gasteiger partial charge in [0.2, 0.25) is 5.91 Å². The molecule has 4 nitrogen and oxygen atoms in total. The van der Waals surface area contributed by atoms with E-state index in [0.29, 0.717) is 12.8 Å². The van der Waals surface area contributed by atoms with Gasteiger partial charge in [-0.1, -0.05) is 12.1 Å². The van der Waals surface area contributed by atoms with Crippen molar-refractivity contribution in [3.63, 3.8) is 0 Å². The summed E-state index contributed by atoms with van der Waals surface area (Å²) in [6.07, 6.45) is 2.67. The van der Waals surface area contributed by atoms with Crippen LogP contribution >= 0.6 is 0 Å². The van der Waals surface area contributed by atoms with Crippen LogP contribution in [0, 0.1) is 17.7 Å². The van der Waals surface area contributed by atoms with Gasteiger partial charge in [-0.25, -0.2) is 4.39 Å². The number of halogens is 1. The lowest BCUT2D eigenvalue weighted by Crippen LogP contribution is -2.34. The molecule has 0 bridgehead atoms. The summed E-state index contributed by atoms with van der Waals surface area (Å²) in [6.45, 7) is 0. The van der Waals surface area contributed by atoms with Crippen LogP contribution in [0.2, 0.25) is 0 Å². The molecule has 21 heavy (non-hydrogen) atoms. The Morgan fingerprint density at radius 3 is 2.48 bits per heavy atom. The van der Waals surface area contributed by atoms with Gasteiger partial charge < -0.3 is 10.4 Å². The lowest BCUT2D eigenvalue weighted by Gasteiger charge is -2.12. The molecule has 3 rings (SSSR count). The van der Waals surface area contributed by atoms with Gasteiger partial charge in [-0.15, -0.1) is 0 Å². The molecule has 1 aromatic carbocycles. The number of nitrogens with one attached hydrogen (secondary N) is 1. The highest BCUT2D eigenvalue weighted by atomic mass is 19.1. The summed E-state index contributed by atoms with van der Waals surface area (Å²) in [5, 5.41) is 11.9. The molecule has 0 heterocycles. The van der Waals surface area contributed by atoms with Crippen molar-refractivity contribution in [2.45, 2.75) is 37.6 Å². The topological polar surface area (TPSA) is 66.4 Å². The van der Waals surface area contributed by atoms with Gasteiger partial charge in [0.15, 0.2) is 0 Å². The molecule has 0 radical (unpaired) electrons. The Morgan fingerprint density at radius 2 is 1.86 bits per heavy atom. The van der Waals surface area contributed by atoms with Crippen molar-refractivity contribution in [1.29, 1.82) is 0 Å². The van der Waals surface area contributed by atoms with Crippen molar-refractivity contribution >= 4 is 11.9 Å². The van der Waals surface area contributed by atoms with Crippen LogP contribution in [-0.2, 0) is 9.59 Å². The van der Waals surface area contributed by atoms with Crippen LogP contribution in [0.5, 0.6) is 0 Å². The number of carboxylic acid groups (broad SMARTS) is 1. The molecule has 1 amide bonds. The molecule has 0 spiro atoms. The molecule has 2 aliphatic carbocycles. The fourth-order valence-corrected chi connectivity index (χ4v) is 3.21. The molecule has 1 aromatic rings. The molecule has 0 aliphatic heterocycles. The van der Waals surface area contributed by atoms with Gasteiger partial charge in [0, 0.05) is 12.0 Å². The molecule has 2 fully saturated rings. The Morgan fingerprint density at radius 1 is 1.14 bits per heavy atom. The lowest BCUT2D eigenvalue weighted by molar-refractivity contribution is -0.141. The van der Waals surface area contributed by atoms with Crippen molar-refractivity contribution in [3.05, 3.63) is 35.6 Å². The van der Waals surface area contributed by atoms with E-state index in [1.54, 1.807) is 12.1 Å². The standard InChI is InChI=1S/C16H18FNO3/c17-11-4-1-9(2-5-11)13-8-14(13)15(19)18-12-6-3-10(7-12)16(20)21/h1-2,4-5,10,12-14H,3,6-8H2,(H,18,19)(H,20,21)/t10-,12+,13?,14?/m0/s1. The molecule has 2 saturated carbocycles. The number of benzene rings is 1. The van der Waals surface area contributed by atoms with E-state index in [1.807, 2.05) is 0 Å². The molecular weight excluding hydrogens is 273 g/mol. The third-order valence-electron chi connectivity index (χ3n) is 4.55. The van der Waals surface area contributed by atoms with Crippen LogP contribution in [0.1, 0.15) is 37.2 Å². The van der Waals surface area contributed by atoms with Gasteiger partial charge in [0.1, 0.15) is 5.82 Å². The summed E-state index contributed by atoms with van der Waals surface area (Å²) in [5.74, 6) is -1.27. The minimum absolute atomic E-state index is 0.000337. The average molecular weight is 291 g/mol. The largest absolute Gasteiger partial charge is 0.481 e. The van der Waals surface area contributed by atoms with Crippen molar-refractivity contribution in [3.8, 4) is 0 Å². The van der Waals surface area contributed by atoms with Crippen molar-refractivity contribution in [1.82, 2.24) is 5.32 Å². The second-order valence-corrected chi connectivity index (χ2v) is 6.05. The third kappa shape index (κ3) is 3.06. The summed E-state index contributed by atoms with van der Waals surface area (Å²) < 4.78 is 12.9. The minimum Gasteiger partial charge on any atom is -0.481 e. The van der Waals surface area contributed by atoms with Crippen molar-refractivity contribution < 1.29 is 19.1 Å². The van der Waals surface area contributed by atoms with E-state index in [0.717, 1.165) is 18.4 Å². The number of aliphatic carboxylic acids is 1. The van der Waals surface area contributed by atoms with Crippen LogP contribution < -0.4 is 5.32 Å². The molecule has 0 saturated heterocycles. The zero-order chi connectivity index (χ0) is 15.0. The maximum Gasteiger partial charge on any atom is 0.306 e. The van der Waals surface area contributed by atoms with E-state index in [-0.39, 0.29) is 35.5 Å². The predicted molar refractivity (Wildman–Crippen MR) is 74.2 cm³/mol. The van der Waals surface area contributed by atoms with Gasteiger partial charge in [-0.2, -0.15) is 0 Å². The summed E-state index contributed by atoms with van der Waals surface area (Å²) in [7, 11) is 0. The van der Waals surface area contributed by atoms with Crippen LogP contribution in [0.15, 0.2) is 24.3 Å². The SMILES string of the molecule is O=C(N[C@@H]1CC[C@H](C(=O)O)C1)C1CC1c1ccc(F)cc1. The highest BCUT2D eigenvalue weighted by Gasteiger charge is 2.45. The van der Waals surface area contributed by atoms with E-state index >= 15 is 0 Å². The summed E-state index contributed by atoms with van der Waals surface area (Å²) in [4.78, 5) is 23.1. The maximum atomic E-state index is 12.9. The summed E-state index contributed by atoms with van der Waals surface area (Å²) in [6, 6.07) is 6.26. The number of hydrogen-bond donors (Lipinski definition) is 2. The quantitative estimate of drug-likeness (QED) is 0.894. The first-order chi connectivity index (χ1) is 10.0. The van der Waals surface area contributed by atoms with E-state index in [4.69, 9.17) is 5.11 Å². The molecule has 0 aromatic heterocycles. The Balaban J connectivity index is 1.52. The van der Waals surface area contributed by atoms with Gasteiger partial charge >= 0.3 is 5.97 Å². The third-order valence-corrected chi connectivity index (χ3v) is 4.55. The van der Waals surface area contributed by atoms with Crippen LogP contribution in [0.4, 0.5) is 4.39 Å². The van der Waals surface area contributed by atoms with Crippen LogP contribution in [0.25, 0.3) is 0 Å². The Kier molecular flexibility index (Phi) is 3.66. The van der Waals surface area contributed by atoms with E-state index < -0.39 is 5.97 Å². The highest BCUT2D eigenvalue weighted by molar-refractivity contribution is 5.83. The van der Waals surface area contributed by atoms with E-state index in [9.17, 15) is 14.0 Å². The molecular formula is C16H18FNO3. The van der Waals surface area contributed by atoms with Gasteiger partial charge in [0.25, 0.3) is 0 Å². The maximum absolute atomic E-state index is 12.9. The van der Waals surface area contributed by atoms with Crippen molar-refractivity contribution in [2.24, 2.45) is 11.8 Å². The number of rotatable bonds is 4. The average Bonchev–Trinajstić information content (AvgIpc) is 3.11. The first kappa shape index (κ1) is 14.0. The molecule has 4 atom stereocenters. The van der Waals surface area contributed by atoms with Crippen LogP contribution in [0.3, 0.4) is 0 Å². The van der Waals surface area contributed by atoms with Crippen LogP contribution in [-0.4, -0.2) is 23.0 Å². The van der Waals surface area contributed by atoms with Gasteiger partial charge in [-0.05, 0) is 49.3 Å². The fraction of sp³-hybridized carbons (Fsp3) is 0.500. The normalized spacial score (nSPS) is 30.9. The van der Waals surface area contributed by atoms with Gasteiger partial charge in [0.05, 0.1) is 5.92 Å². The lowest BCUT2D eigenvalue weighted by atomic mass is 10.1. The number of carbonyl (C=O) groups is 2. The molecule has 2 unspecified atom stereocenters. The van der Waals surface area contributed by atoms with Crippen molar-refractivity contribution in [2.75, 3.05) is 0 Å². The Bertz CT molecular complexity index is 557. The first-order valence-corrected chi connectivity index (χ1v) is 7.33. The van der Waals surface area contributed by atoms with E-state index in [1.165, 1.54) is 12.1 Å². The molecule has 2 N–H and O–H groups in total. The predicted octanol–water partition coefficient (Wildman–Crippen LogP) is 2.30. The monoisotopic (exact) mass is 291 g/mol. The second kappa shape index (κ2) is 5.47. The molecule has 2 aliphatic rings.